The molecule has 4 rings (SSSR count). The summed E-state index contributed by atoms with van der Waals surface area (Å²) in [5, 5.41) is 29.0. The van der Waals surface area contributed by atoms with Gasteiger partial charge in [0.1, 0.15) is 12.2 Å². The minimum Gasteiger partial charge on any atom is -0.491 e. The van der Waals surface area contributed by atoms with Gasteiger partial charge in [-0.25, -0.2) is 13.9 Å². The predicted molar refractivity (Wildman–Crippen MR) is 137 cm³/mol. The van der Waals surface area contributed by atoms with Crippen LogP contribution in [0.5, 0.6) is 11.6 Å². The van der Waals surface area contributed by atoms with Crippen LogP contribution in [0.3, 0.4) is 0 Å². The molecule has 1 amide bonds. The largest absolute Gasteiger partial charge is 0.491 e. The Hall–Kier alpha value is -4.76. The first-order valence-electron chi connectivity index (χ1n) is 11.5. The summed E-state index contributed by atoms with van der Waals surface area (Å²) in [6.45, 7) is 2.26. The van der Waals surface area contributed by atoms with Crippen LogP contribution in [0.25, 0.3) is 16.9 Å². The SMILES string of the molecule is COc1cc(Nc2cc(-c3ccc4cc(C#N)cnn34)ncc2C(=O)NC[C@@H](F)C(C)(C)O)cnc1OC. The molecular formula is C26H26FN7O4. The molecular weight excluding hydrogens is 493 g/mol. The number of fused-ring (bicyclic) bond motifs is 1. The molecule has 0 radical (unpaired) electrons. The molecule has 4 aromatic heterocycles. The first-order valence-corrected chi connectivity index (χ1v) is 11.5. The van der Waals surface area contributed by atoms with Crippen molar-refractivity contribution in [2.24, 2.45) is 0 Å². The predicted octanol–water partition coefficient (Wildman–Crippen LogP) is 3.26. The Kier molecular flexibility index (Phi) is 7.40. The Balaban J connectivity index is 1.74. The van der Waals surface area contributed by atoms with Gasteiger partial charge in [0.25, 0.3) is 11.8 Å². The number of amides is 1. The number of hydrogen-bond donors (Lipinski definition) is 3. The van der Waals surface area contributed by atoms with Gasteiger partial charge >= 0.3 is 0 Å². The summed E-state index contributed by atoms with van der Waals surface area (Å²) in [7, 11) is 2.95. The zero-order chi connectivity index (χ0) is 27.4. The lowest BCUT2D eigenvalue weighted by molar-refractivity contribution is -0.00177. The van der Waals surface area contributed by atoms with Crippen LogP contribution in [-0.2, 0) is 0 Å². The fourth-order valence-corrected chi connectivity index (χ4v) is 3.62. The number of hydrogen-bond acceptors (Lipinski definition) is 9. The number of nitrogens with one attached hydrogen (secondary N) is 2. The zero-order valence-electron chi connectivity index (χ0n) is 21.2. The van der Waals surface area contributed by atoms with E-state index >= 15 is 0 Å². The maximum Gasteiger partial charge on any atom is 0.256 e. The summed E-state index contributed by atoms with van der Waals surface area (Å²) in [6.07, 6.45) is 2.64. The van der Waals surface area contributed by atoms with Gasteiger partial charge in [-0.3, -0.25) is 9.78 Å². The summed E-state index contributed by atoms with van der Waals surface area (Å²) >= 11 is 0. The smallest absolute Gasteiger partial charge is 0.256 e. The van der Waals surface area contributed by atoms with E-state index < -0.39 is 24.2 Å². The van der Waals surface area contributed by atoms with E-state index in [-0.39, 0.29) is 11.4 Å². The van der Waals surface area contributed by atoms with Gasteiger partial charge in [-0.1, -0.05) is 0 Å². The van der Waals surface area contributed by atoms with Crippen molar-refractivity contribution in [3.8, 4) is 29.1 Å². The number of alkyl halides is 1. The summed E-state index contributed by atoms with van der Waals surface area (Å²) in [6, 6.07) is 10.7. The number of aliphatic hydroxyl groups is 1. The number of anilines is 2. The van der Waals surface area contributed by atoms with Gasteiger partial charge in [-0.2, -0.15) is 10.4 Å². The van der Waals surface area contributed by atoms with E-state index in [2.05, 4.69) is 31.8 Å². The fourth-order valence-electron chi connectivity index (χ4n) is 3.62. The highest BCUT2D eigenvalue weighted by atomic mass is 19.1. The van der Waals surface area contributed by atoms with Gasteiger partial charge in [0.2, 0.25) is 0 Å². The third kappa shape index (κ3) is 5.47. The van der Waals surface area contributed by atoms with Gasteiger partial charge in [0.15, 0.2) is 5.75 Å². The van der Waals surface area contributed by atoms with Crippen LogP contribution in [0, 0.1) is 11.3 Å². The number of aromatic nitrogens is 4. The normalized spacial score (nSPS) is 12.0. The molecule has 0 aromatic carbocycles. The third-order valence-electron chi connectivity index (χ3n) is 5.76. The molecule has 3 N–H and O–H groups in total. The number of carbonyl (C=O) groups excluding carboxylic acids is 1. The van der Waals surface area contributed by atoms with E-state index in [1.807, 2.05) is 0 Å². The highest BCUT2D eigenvalue weighted by Crippen LogP contribution is 2.31. The molecule has 0 aliphatic heterocycles. The number of nitrogens with zero attached hydrogens (tertiary/aromatic N) is 5. The van der Waals surface area contributed by atoms with Gasteiger partial charge in [-0.15, -0.1) is 0 Å². The molecule has 4 aromatic rings. The van der Waals surface area contributed by atoms with Crippen LogP contribution in [0.1, 0.15) is 29.8 Å². The summed E-state index contributed by atoms with van der Waals surface area (Å²) in [5.41, 5.74) is 1.58. The lowest BCUT2D eigenvalue weighted by atomic mass is 10.0. The van der Waals surface area contributed by atoms with Crippen molar-refractivity contribution >= 4 is 22.8 Å². The van der Waals surface area contributed by atoms with Crippen molar-refractivity contribution in [2.75, 3.05) is 26.1 Å². The van der Waals surface area contributed by atoms with Gasteiger partial charge in [0, 0.05) is 12.3 Å². The quantitative estimate of drug-likeness (QED) is 0.303. The molecule has 0 unspecified atom stereocenters. The third-order valence-corrected chi connectivity index (χ3v) is 5.76. The molecule has 11 nitrogen and oxygen atoms in total. The fraction of sp³-hybridized carbons (Fsp3) is 0.269. The molecule has 4 heterocycles. The van der Waals surface area contributed by atoms with Crippen molar-refractivity contribution in [1.82, 2.24) is 24.9 Å². The maximum atomic E-state index is 14.3. The Labute approximate surface area is 217 Å². The molecule has 0 saturated carbocycles. The molecule has 0 spiro atoms. The topological polar surface area (TPSA) is 147 Å². The summed E-state index contributed by atoms with van der Waals surface area (Å²) in [4.78, 5) is 21.7. The summed E-state index contributed by atoms with van der Waals surface area (Å²) in [5.74, 6) is 0.0662. The second-order valence-corrected chi connectivity index (χ2v) is 8.92. The van der Waals surface area contributed by atoms with E-state index in [0.717, 1.165) is 0 Å². The maximum absolute atomic E-state index is 14.3. The number of methoxy groups -OCH3 is 2. The standard InChI is InChI=1S/C26H26FN7O4/c1-26(2,36)23(27)14-30-24(35)18-13-29-20(21-6-5-17-7-15(10-28)11-32-34(17)21)9-19(18)33-16-8-22(37-3)25(38-4)31-12-16/h5-9,11-13,23,36H,14H2,1-4H3,(H,29,33)(H,30,35)/t23-/m1/s1. The van der Waals surface area contributed by atoms with E-state index in [0.29, 0.717) is 39.6 Å². The van der Waals surface area contributed by atoms with Crippen LogP contribution in [0.2, 0.25) is 0 Å². The van der Waals surface area contributed by atoms with Crippen LogP contribution in [0.4, 0.5) is 15.8 Å². The molecule has 38 heavy (non-hydrogen) atoms. The lowest BCUT2D eigenvalue weighted by Gasteiger charge is -2.22. The average molecular weight is 520 g/mol. The van der Waals surface area contributed by atoms with Crippen molar-refractivity contribution in [1.29, 1.82) is 5.26 Å². The monoisotopic (exact) mass is 519 g/mol. The number of carbonyl (C=O) groups is 1. The van der Waals surface area contributed by atoms with Crippen molar-refractivity contribution in [3.05, 3.63) is 60.0 Å². The molecule has 0 aliphatic rings. The lowest BCUT2D eigenvalue weighted by Crippen LogP contribution is -2.42. The van der Waals surface area contributed by atoms with Crippen molar-refractivity contribution in [3.63, 3.8) is 0 Å². The second kappa shape index (κ2) is 10.7. The van der Waals surface area contributed by atoms with Crippen molar-refractivity contribution < 1.29 is 23.8 Å². The van der Waals surface area contributed by atoms with E-state index in [4.69, 9.17) is 14.7 Å². The second-order valence-electron chi connectivity index (χ2n) is 8.92. The molecule has 0 aliphatic carbocycles. The number of pyridine rings is 2. The number of halogens is 1. The molecule has 0 fully saturated rings. The molecule has 12 heteroatoms. The molecule has 1 atom stereocenters. The highest BCUT2D eigenvalue weighted by Gasteiger charge is 2.27. The minimum atomic E-state index is -1.68. The minimum absolute atomic E-state index is 0.132. The Morgan fingerprint density at radius 3 is 2.66 bits per heavy atom. The number of ether oxygens (including phenoxy) is 2. The van der Waals surface area contributed by atoms with Gasteiger partial charge in [-0.05, 0) is 38.1 Å². The van der Waals surface area contributed by atoms with Crippen LogP contribution in [0.15, 0.2) is 48.9 Å². The van der Waals surface area contributed by atoms with Crippen LogP contribution < -0.4 is 20.1 Å². The molecule has 0 bridgehead atoms. The molecule has 196 valence electrons. The number of rotatable bonds is 9. The highest BCUT2D eigenvalue weighted by molar-refractivity contribution is 6.00. The van der Waals surface area contributed by atoms with Crippen LogP contribution >= 0.6 is 0 Å². The van der Waals surface area contributed by atoms with Crippen molar-refractivity contribution in [2.45, 2.75) is 25.6 Å². The Bertz CT molecular complexity index is 1520. The van der Waals surface area contributed by atoms with Gasteiger partial charge in [0.05, 0.1) is 78.2 Å². The molecule has 0 saturated heterocycles. The van der Waals surface area contributed by atoms with Crippen LogP contribution in [-0.4, -0.2) is 63.1 Å². The van der Waals surface area contributed by atoms with E-state index in [1.54, 1.807) is 34.8 Å². The average Bonchev–Trinajstić information content (AvgIpc) is 3.34. The Morgan fingerprint density at radius 2 is 1.97 bits per heavy atom. The van der Waals surface area contributed by atoms with Gasteiger partial charge < -0.3 is 25.2 Å². The van der Waals surface area contributed by atoms with E-state index in [1.165, 1.54) is 46.7 Å². The van der Waals surface area contributed by atoms with E-state index in [9.17, 15) is 14.3 Å². The first-order chi connectivity index (χ1) is 18.1. The summed E-state index contributed by atoms with van der Waals surface area (Å²) < 4.78 is 26.4. The number of nitriles is 1. The zero-order valence-corrected chi connectivity index (χ0v) is 21.2. The first kappa shape index (κ1) is 26.3. The Morgan fingerprint density at radius 1 is 1.18 bits per heavy atom.